The van der Waals surface area contributed by atoms with E-state index in [1.807, 2.05) is 0 Å². The van der Waals surface area contributed by atoms with Gasteiger partial charge in [-0.05, 0) is 35.5 Å². The molecule has 0 aliphatic heterocycles. The third-order valence-electron chi connectivity index (χ3n) is 2.69. The van der Waals surface area contributed by atoms with Crippen molar-refractivity contribution in [2.45, 2.75) is 13.3 Å². The number of tetrazole rings is 1. The highest BCUT2D eigenvalue weighted by Gasteiger charge is 2.12. The van der Waals surface area contributed by atoms with Crippen LogP contribution in [0.15, 0.2) is 18.2 Å². The van der Waals surface area contributed by atoms with Crippen molar-refractivity contribution < 1.29 is 9.53 Å². The van der Waals surface area contributed by atoms with E-state index in [2.05, 4.69) is 20.8 Å². The molecule has 8 heteroatoms. The molecule has 0 spiro atoms. The van der Waals surface area contributed by atoms with Crippen molar-refractivity contribution in [3.63, 3.8) is 0 Å². The molecule has 1 aromatic carbocycles. The molecule has 1 heterocycles. The van der Waals surface area contributed by atoms with Gasteiger partial charge >= 0.3 is 0 Å². The summed E-state index contributed by atoms with van der Waals surface area (Å²) >= 11 is 0. The van der Waals surface area contributed by atoms with Gasteiger partial charge in [0.2, 0.25) is 5.91 Å². The van der Waals surface area contributed by atoms with E-state index in [4.69, 9.17) is 10.5 Å². The van der Waals surface area contributed by atoms with E-state index in [9.17, 15) is 4.79 Å². The Morgan fingerprint density at radius 1 is 1.50 bits per heavy atom. The molecule has 1 amide bonds. The Balaban J connectivity index is 2.35. The second-order valence-electron chi connectivity index (χ2n) is 4.11. The molecule has 0 atom stereocenters. The first-order chi connectivity index (χ1) is 9.65. The van der Waals surface area contributed by atoms with E-state index in [1.165, 1.54) is 4.68 Å². The van der Waals surface area contributed by atoms with Crippen LogP contribution in [0.3, 0.4) is 0 Å². The summed E-state index contributed by atoms with van der Waals surface area (Å²) in [4.78, 5) is 11.6. The lowest BCUT2D eigenvalue weighted by molar-refractivity contribution is -0.116. The fourth-order valence-electron chi connectivity index (χ4n) is 1.74. The Labute approximate surface area is 115 Å². The molecule has 3 N–H and O–H groups in total. The van der Waals surface area contributed by atoms with Crippen LogP contribution in [0.1, 0.15) is 12.2 Å². The SMILES string of the molecule is COc1ccc(NC(=O)CCN)cc1-n1nnnc1C. The first-order valence-corrected chi connectivity index (χ1v) is 6.09. The van der Waals surface area contributed by atoms with Gasteiger partial charge in [-0.15, -0.1) is 5.10 Å². The summed E-state index contributed by atoms with van der Waals surface area (Å²) in [6.45, 7) is 2.08. The first-order valence-electron chi connectivity index (χ1n) is 6.09. The predicted octanol–water partition coefficient (Wildman–Crippen LogP) is 0.267. The van der Waals surface area contributed by atoms with Crippen molar-refractivity contribution in [3.8, 4) is 11.4 Å². The van der Waals surface area contributed by atoms with Gasteiger partial charge in [-0.3, -0.25) is 4.79 Å². The van der Waals surface area contributed by atoms with Gasteiger partial charge in [0.05, 0.1) is 7.11 Å². The third kappa shape index (κ3) is 2.91. The minimum absolute atomic E-state index is 0.142. The van der Waals surface area contributed by atoms with Gasteiger partial charge in [-0.2, -0.15) is 4.68 Å². The van der Waals surface area contributed by atoms with Gasteiger partial charge in [-0.1, -0.05) is 0 Å². The van der Waals surface area contributed by atoms with E-state index < -0.39 is 0 Å². The zero-order valence-electron chi connectivity index (χ0n) is 11.3. The van der Waals surface area contributed by atoms with E-state index in [1.54, 1.807) is 32.2 Å². The summed E-state index contributed by atoms with van der Waals surface area (Å²) in [6, 6.07) is 5.24. The van der Waals surface area contributed by atoms with Gasteiger partial charge < -0.3 is 15.8 Å². The molecule has 2 rings (SSSR count). The molecule has 0 fully saturated rings. The van der Waals surface area contributed by atoms with E-state index in [0.717, 1.165) is 0 Å². The van der Waals surface area contributed by atoms with E-state index in [-0.39, 0.29) is 12.3 Å². The molecule has 0 unspecified atom stereocenters. The van der Waals surface area contributed by atoms with Gasteiger partial charge in [0.15, 0.2) is 5.82 Å². The van der Waals surface area contributed by atoms with E-state index >= 15 is 0 Å². The van der Waals surface area contributed by atoms with Crippen LogP contribution >= 0.6 is 0 Å². The number of anilines is 1. The zero-order valence-corrected chi connectivity index (χ0v) is 11.3. The monoisotopic (exact) mass is 276 g/mol. The molecule has 0 aliphatic rings. The van der Waals surface area contributed by atoms with Crippen molar-refractivity contribution in [1.82, 2.24) is 20.2 Å². The number of ether oxygens (including phenoxy) is 1. The number of methoxy groups -OCH3 is 1. The first kappa shape index (κ1) is 13.9. The quantitative estimate of drug-likeness (QED) is 0.811. The van der Waals surface area contributed by atoms with Crippen molar-refractivity contribution in [2.75, 3.05) is 19.0 Å². The normalized spacial score (nSPS) is 10.3. The van der Waals surface area contributed by atoms with Crippen LogP contribution in [0.2, 0.25) is 0 Å². The van der Waals surface area contributed by atoms with Crippen LogP contribution in [-0.2, 0) is 4.79 Å². The van der Waals surface area contributed by atoms with Crippen molar-refractivity contribution in [2.24, 2.45) is 5.73 Å². The average Bonchev–Trinajstić information content (AvgIpc) is 2.85. The lowest BCUT2D eigenvalue weighted by Crippen LogP contribution is -2.16. The highest BCUT2D eigenvalue weighted by Crippen LogP contribution is 2.26. The van der Waals surface area contributed by atoms with Crippen LogP contribution in [0.5, 0.6) is 5.75 Å². The molecule has 1 aromatic heterocycles. The molecule has 0 radical (unpaired) electrons. The van der Waals surface area contributed by atoms with Crippen molar-refractivity contribution in [3.05, 3.63) is 24.0 Å². The van der Waals surface area contributed by atoms with Gasteiger partial charge in [0.1, 0.15) is 11.4 Å². The fraction of sp³-hybridized carbons (Fsp3) is 0.333. The second kappa shape index (κ2) is 6.11. The van der Waals surface area contributed by atoms with Crippen LogP contribution in [0.25, 0.3) is 5.69 Å². The maximum absolute atomic E-state index is 11.6. The number of carbonyl (C=O) groups is 1. The van der Waals surface area contributed by atoms with Crippen molar-refractivity contribution >= 4 is 11.6 Å². The Morgan fingerprint density at radius 2 is 2.30 bits per heavy atom. The number of nitrogens with one attached hydrogen (secondary N) is 1. The molecular weight excluding hydrogens is 260 g/mol. The standard InChI is InChI=1S/C12H16N6O2/c1-8-15-16-17-18(8)10-7-9(3-4-11(10)20-2)14-12(19)5-6-13/h3-4,7H,5-6,13H2,1-2H3,(H,14,19). The summed E-state index contributed by atoms with van der Waals surface area (Å²) in [5, 5.41) is 14.1. The number of nitrogens with zero attached hydrogens (tertiary/aromatic N) is 4. The summed E-state index contributed by atoms with van der Waals surface area (Å²) in [6.07, 6.45) is 0.269. The number of hydrogen-bond donors (Lipinski definition) is 2. The fourth-order valence-corrected chi connectivity index (χ4v) is 1.74. The lowest BCUT2D eigenvalue weighted by atomic mass is 10.2. The third-order valence-corrected chi connectivity index (χ3v) is 2.69. The summed E-state index contributed by atoms with van der Waals surface area (Å²) in [7, 11) is 1.56. The maximum atomic E-state index is 11.6. The van der Waals surface area contributed by atoms with Gasteiger partial charge in [0, 0.05) is 18.7 Å². The zero-order chi connectivity index (χ0) is 14.5. The summed E-state index contributed by atoms with van der Waals surface area (Å²) < 4.78 is 6.82. The highest BCUT2D eigenvalue weighted by atomic mass is 16.5. The molecular formula is C12H16N6O2. The number of carbonyl (C=O) groups excluding carboxylic acids is 1. The highest BCUT2D eigenvalue weighted by molar-refractivity contribution is 5.91. The number of amides is 1. The Hall–Kier alpha value is -2.48. The smallest absolute Gasteiger partial charge is 0.225 e. The van der Waals surface area contributed by atoms with Crippen molar-refractivity contribution in [1.29, 1.82) is 0 Å². The molecule has 8 nitrogen and oxygen atoms in total. The lowest BCUT2D eigenvalue weighted by Gasteiger charge is -2.11. The number of rotatable bonds is 5. The summed E-state index contributed by atoms with van der Waals surface area (Å²) in [5.74, 6) is 1.09. The largest absolute Gasteiger partial charge is 0.494 e. The van der Waals surface area contributed by atoms with Gasteiger partial charge in [0.25, 0.3) is 0 Å². The van der Waals surface area contributed by atoms with Crippen LogP contribution in [0, 0.1) is 6.92 Å². The topological polar surface area (TPSA) is 108 Å². The van der Waals surface area contributed by atoms with Crippen LogP contribution in [0.4, 0.5) is 5.69 Å². The number of hydrogen-bond acceptors (Lipinski definition) is 6. The van der Waals surface area contributed by atoms with E-state index in [0.29, 0.717) is 29.5 Å². The molecule has 0 saturated carbocycles. The molecule has 106 valence electrons. The minimum atomic E-state index is -0.142. The average molecular weight is 276 g/mol. The molecule has 0 aliphatic carbocycles. The van der Waals surface area contributed by atoms with Crippen LogP contribution in [-0.4, -0.2) is 39.8 Å². The number of nitrogens with two attached hydrogens (primary N) is 1. The number of aryl methyl sites for hydroxylation is 1. The molecule has 0 saturated heterocycles. The number of benzene rings is 1. The Bertz CT molecular complexity index is 610. The predicted molar refractivity (Wildman–Crippen MR) is 72.7 cm³/mol. The number of aromatic nitrogens is 4. The maximum Gasteiger partial charge on any atom is 0.225 e. The molecule has 2 aromatic rings. The molecule has 0 bridgehead atoms. The Morgan fingerprint density at radius 3 is 2.90 bits per heavy atom. The van der Waals surface area contributed by atoms with Gasteiger partial charge in [-0.25, -0.2) is 0 Å². The molecule has 20 heavy (non-hydrogen) atoms. The minimum Gasteiger partial charge on any atom is -0.494 e. The summed E-state index contributed by atoms with van der Waals surface area (Å²) in [5.41, 5.74) is 6.63. The second-order valence-corrected chi connectivity index (χ2v) is 4.11. The Kier molecular flexibility index (Phi) is 4.26. The van der Waals surface area contributed by atoms with Crippen LogP contribution < -0.4 is 15.8 Å².